The maximum Gasteiger partial charge on any atom is 0.240 e. The highest BCUT2D eigenvalue weighted by atomic mass is 16.1. The number of aliphatic imine (C=N–C) groups is 2. The van der Waals surface area contributed by atoms with Gasteiger partial charge in [0.1, 0.15) is 0 Å². The molecule has 0 radical (unpaired) electrons. The largest absolute Gasteiger partial charge is 0.291 e. The Morgan fingerprint density at radius 3 is 3.22 bits per heavy atom. The van der Waals surface area contributed by atoms with E-state index < -0.39 is 0 Å². The molecule has 3 nitrogen and oxygen atoms in total. The Morgan fingerprint density at radius 1 is 1.78 bits per heavy atom. The first-order chi connectivity index (χ1) is 4.43. The summed E-state index contributed by atoms with van der Waals surface area (Å²) in [5, 5.41) is 0. The van der Waals surface area contributed by atoms with Crippen LogP contribution in [0.4, 0.5) is 0 Å². The second-order valence-corrected chi connectivity index (χ2v) is 1.66. The van der Waals surface area contributed by atoms with Crippen LogP contribution in [-0.4, -0.2) is 18.8 Å². The molecule has 0 spiro atoms. The van der Waals surface area contributed by atoms with E-state index in [2.05, 4.69) is 9.98 Å². The fourth-order valence-electron chi connectivity index (χ4n) is 0.625. The number of hydrogen-bond donors (Lipinski definition) is 0. The van der Waals surface area contributed by atoms with Crippen LogP contribution in [0.3, 0.4) is 0 Å². The number of carbonyl (C=O) groups excluding carboxylic acids is 1. The fourth-order valence-corrected chi connectivity index (χ4v) is 0.625. The second kappa shape index (κ2) is 2.95. The standard InChI is InChI=1S/C6H6N2O/c9-5-8-6-2-1-3-7-4-6/h2,4H,1,3H2. The summed E-state index contributed by atoms with van der Waals surface area (Å²) in [4.78, 5) is 17.0. The number of isocyanates is 1. The maximum absolute atomic E-state index is 9.68. The molecule has 0 unspecified atom stereocenters. The highest BCUT2D eigenvalue weighted by molar-refractivity contribution is 5.80. The number of dihydropyridines is 1. The van der Waals surface area contributed by atoms with Gasteiger partial charge in [-0.25, -0.2) is 4.79 Å². The molecule has 1 aliphatic rings. The molecule has 0 amide bonds. The van der Waals surface area contributed by atoms with Crippen LogP contribution in [0, 0.1) is 0 Å². The van der Waals surface area contributed by atoms with E-state index in [0.29, 0.717) is 5.70 Å². The maximum atomic E-state index is 9.68. The summed E-state index contributed by atoms with van der Waals surface area (Å²) >= 11 is 0. The van der Waals surface area contributed by atoms with Crippen LogP contribution in [0.1, 0.15) is 6.42 Å². The van der Waals surface area contributed by atoms with E-state index in [0.717, 1.165) is 13.0 Å². The van der Waals surface area contributed by atoms with Crippen molar-refractivity contribution in [1.82, 2.24) is 0 Å². The Bertz CT molecular complexity index is 199. The molecule has 0 aromatic heterocycles. The van der Waals surface area contributed by atoms with Crippen molar-refractivity contribution in [1.29, 1.82) is 0 Å². The first-order valence-electron chi connectivity index (χ1n) is 2.71. The van der Waals surface area contributed by atoms with Gasteiger partial charge in [0, 0.05) is 12.8 Å². The molecule has 0 aromatic rings. The molecule has 0 fully saturated rings. The SMILES string of the molecule is O=C=NC1=CCCN=C1. The predicted molar refractivity (Wildman–Crippen MR) is 34.2 cm³/mol. The van der Waals surface area contributed by atoms with E-state index >= 15 is 0 Å². The molecule has 0 aromatic carbocycles. The second-order valence-electron chi connectivity index (χ2n) is 1.66. The van der Waals surface area contributed by atoms with Crippen molar-refractivity contribution in [3.63, 3.8) is 0 Å². The Morgan fingerprint density at radius 2 is 2.67 bits per heavy atom. The smallest absolute Gasteiger partial charge is 0.240 e. The van der Waals surface area contributed by atoms with Crippen LogP contribution in [0.2, 0.25) is 0 Å². The van der Waals surface area contributed by atoms with Gasteiger partial charge in [-0.1, -0.05) is 6.08 Å². The summed E-state index contributed by atoms with van der Waals surface area (Å²) in [6.45, 7) is 0.803. The zero-order valence-electron chi connectivity index (χ0n) is 4.87. The summed E-state index contributed by atoms with van der Waals surface area (Å²) in [6, 6.07) is 0. The Hall–Kier alpha value is -1.21. The molecule has 1 rings (SSSR count). The van der Waals surface area contributed by atoms with Gasteiger partial charge in [0.2, 0.25) is 6.08 Å². The van der Waals surface area contributed by atoms with Crippen molar-refractivity contribution in [3.05, 3.63) is 11.8 Å². The number of rotatable bonds is 1. The van der Waals surface area contributed by atoms with Crippen LogP contribution in [0.15, 0.2) is 21.8 Å². The van der Waals surface area contributed by atoms with Crippen LogP contribution in [-0.2, 0) is 4.79 Å². The fraction of sp³-hybridized carbons (Fsp3) is 0.333. The molecule has 9 heavy (non-hydrogen) atoms. The van der Waals surface area contributed by atoms with E-state index in [1.807, 2.05) is 6.08 Å². The van der Waals surface area contributed by atoms with Gasteiger partial charge in [0.05, 0.1) is 5.70 Å². The van der Waals surface area contributed by atoms with Crippen molar-refractivity contribution in [3.8, 4) is 0 Å². The number of allylic oxidation sites excluding steroid dienone is 1. The van der Waals surface area contributed by atoms with E-state index in [9.17, 15) is 4.79 Å². The normalized spacial score (nSPS) is 16.2. The quantitative estimate of drug-likeness (QED) is 0.372. The van der Waals surface area contributed by atoms with E-state index in [1.165, 1.54) is 6.08 Å². The van der Waals surface area contributed by atoms with Crippen molar-refractivity contribution >= 4 is 12.3 Å². The van der Waals surface area contributed by atoms with Gasteiger partial charge in [0.15, 0.2) is 0 Å². The van der Waals surface area contributed by atoms with Gasteiger partial charge < -0.3 is 0 Å². The Labute approximate surface area is 52.8 Å². The minimum Gasteiger partial charge on any atom is -0.291 e. The van der Waals surface area contributed by atoms with Crippen LogP contribution in [0.5, 0.6) is 0 Å². The van der Waals surface area contributed by atoms with Crippen molar-refractivity contribution in [2.45, 2.75) is 6.42 Å². The molecule has 0 saturated heterocycles. The molecular formula is C6H6N2O. The topological polar surface area (TPSA) is 41.8 Å². The van der Waals surface area contributed by atoms with Crippen molar-refractivity contribution < 1.29 is 4.79 Å². The third kappa shape index (κ3) is 1.63. The minimum atomic E-state index is 0.622. The van der Waals surface area contributed by atoms with E-state index in [1.54, 1.807) is 6.21 Å². The lowest BCUT2D eigenvalue weighted by atomic mass is 10.3. The van der Waals surface area contributed by atoms with E-state index in [4.69, 9.17) is 0 Å². The van der Waals surface area contributed by atoms with Crippen LogP contribution < -0.4 is 0 Å². The molecular weight excluding hydrogens is 116 g/mol. The van der Waals surface area contributed by atoms with Gasteiger partial charge in [-0.15, -0.1) is 0 Å². The van der Waals surface area contributed by atoms with Gasteiger partial charge in [0.25, 0.3) is 0 Å². The summed E-state index contributed by atoms with van der Waals surface area (Å²) in [5.74, 6) is 0. The summed E-state index contributed by atoms with van der Waals surface area (Å²) < 4.78 is 0. The molecule has 0 N–H and O–H groups in total. The monoisotopic (exact) mass is 122 g/mol. The molecule has 0 aliphatic carbocycles. The van der Waals surface area contributed by atoms with Gasteiger partial charge in [-0.2, -0.15) is 4.99 Å². The molecule has 1 heterocycles. The Balaban J connectivity index is 2.69. The van der Waals surface area contributed by atoms with Crippen LogP contribution in [0.25, 0.3) is 0 Å². The molecule has 0 atom stereocenters. The summed E-state index contributed by atoms with van der Waals surface area (Å²) in [7, 11) is 0. The molecule has 3 heteroatoms. The molecule has 0 bridgehead atoms. The highest BCUT2D eigenvalue weighted by Crippen LogP contribution is 1.99. The number of hydrogen-bond acceptors (Lipinski definition) is 3. The van der Waals surface area contributed by atoms with Gasteiger partial charge in [-0.3, -0.25) is 4.99 Å². The first-order valence-corrected chi connectivity index (χ1v) is 2.71. The Kier molecular flexibility index (Phi) is 1.94. The number of nitrogens with zero attached hydrogens (tertiary/aromatic N) is 2. The molecule has 1 aliphatic heterocycles. The van der Waals surface area contributed by atoms with Crippen molar-refractivity contribution in [2.24, 2.45) is 9.98 Å². The lowest BCUT2D eigenvalue weighted by Gasteiger charge is -1.96. The van der Waals surface area contributed by atoms with Crippen LogP contribution >= 0.6 is 0 Å². The first kappa shape index (κ1) is 5.92. The summed E-state index contributed by atoms with van der Waals surface area (Å²) in [5.41, 5.74) is 0.622. The minimum absolute atomic E-state index is 0.622. The third-order valence-electron chi connectivity index (χ3n) is 1.01. The summed E-state index contributed by atoms with van der Waals surface area (Å²) in [6.07, 6.45) is 5.76. The molecule has 46 valence electrons. The average molecular weight is 122 g/mol. The average Bonchev–Trinajstić information content (AvgIpc) is 1.91. The lowest BCUT2D eigenvalue weighted by Crippen LogP contribution is -1.90. The third-order valence-corrected chi connectivity index (χ3v) is 1.01. The zero-order valence-corrected chi connectivity index (χ0v) is 4.87. The van der Waals surface area contributed by atoms with E-state index in [-0.39, 0.29) is 0 Å². The predicted octanol–water partition coefficient (Wildman–Crippen LogP) is 0.681. The van der Waals surface area contributed by atoms with Gasteiger partial charge >= 0.3 is 0 Å². The zero-order chi connectivity index (χ0) is 6.53. The highest BCUT2D eigenvalue weighted by Gasteiger charge is 1.92. The van der Waals surface area contributed by atoms with Gasteiger partial charge in [-0.05, 0) is 6.42 Å². The lowest BCUT2D eigenvalue weighted by molar-refractivity contribution is 0.565. The van der Waals surface area contributed by atoms with Crippen molar-refractivity contribution in [2.75, 3.05) is 6.54 Å². The molecule has 0 saturated carbocycles.